The predicted octanol–water partition coefficient (Wildman–Crippen LogP) is 3.73. The summed E-state index contributed by atoms with van der Waals surface area (Å²) in [6.45, 7) is 3.92. The van der Waals surface area contributed by atoms with Gasteiger partial charge in [-0.1, -0.05) is 0 Å². The average Bonchev–Trinajstić information content (AvgIpc) is 3.16. The van der Waals surface area contributed by atoms with Crippen molar-refractivity contribution in [3.8, 4) is 5.75 Å². The predicted molar refractivity (Wildman–Crippen MR) is 108 cm³/mol. The highest BCUT2D eigenvalue weighted by atomic mass is 32.1. The molecule has 1 aromatic carbocycles. The monoisotopic (exact) mass is 382 g/mol. The van der Waals surface area contributed by atoms with Crippen LogP contribution in [0.15, 0.2) is 30.5 Å². The molecule has 1 fully saturated rings. The number of amides is 1. The van der Waals surface area contributed by atoms with Crippen molar-refractivity contribution in [3.63, 3.8) is 0 Å². The maximum absolute atomic E-state index is 12.8. The van der Waals surface area contributed by atoms with E-state index in [0.29, 0.717) is 22.3 Å². The number of thiazole rings is 1. The number of carbonyl (C=O) groups is 1. The summed E-state index contributed by atoms with van der Waals surface area (Å²) >= 11 is 1.57. The summed E-state index contributed by atoms with van der Waals surface area (Å²) in [4.78, 5) is 23.0. The Morgan fingerprint density at radius 2 is 2.11 bits per heavy atom. The minimum atomic E-state index is -0.177. The summed E-state index contributed by atoms with van der Waals surface area (Å²) in [6, 6.07) is 7.52. The van der Waals surface area contributed by atoms with Crippen molar-refractivity contribution in [3.05, 3.63) is 46.6 Å². The number of nitrogens with one attached hydrogen (secondary N) is 2. The normalized spacial score (nSPS) is 15.0. The number of benzene rings is 1. The second kappa shape index (κ2) is 7.62. The van der Waals surface area contributed by atoms with Gasteiger partial charge in [0.15, 0.2) is 5.13 Å². The van der Waals surface area contributed by atoms with Crippen molar-refractivity contribution in [1.29, 1.82) is 0 Å². The Morgan fingerprint density at radius 3 is 2.89 bits per heavy atom. The lowest BCUT2D eigenvalue weighted by Crippen LogP contribution is -2.26. The number of aromatic nitrogens is 2. The number of methoxy groups -OCH3 is 1. The molecule has 7 heteroatoms. The lowest BCUT2D eigenvalue weighted by molar-refractivity contribution is 0.102. The van der Waals surface area contributed by atoms with Gasteiger partial charge in [0.1, 0.15) is 5.75 Å². The Hall–Kier alpha value is -2.51. The Labute approximate surface area is 162 Å². The third-order valence-electron chi connectivity index (χ3n) is 4.95. The number of ether oxygens (including phenoxy) is 1. The van der Waals surface area contributed by atoms with Gasteiger partial charge in [-0.15, -0.1) is 11.3 Å². The van der Waals surface area contributed by atoms with Crippen LogP contribution in [0.4, 0.5) is 5.13 Å². The molecule has 0 radical (unpaired) electrons. The molecule has 140 valence electrons. The molecule has 27 heavy (non-hydrogen) atoms. The zero-order valence-electron chi connectivity index (χ0n) is 15.4. The summed E-state index contributed by atoms with van der Waals surface area (Å²) in [7, 11) is 1.63. The third-order valence-corrected chi connectivity index (χ3v) is 6.02. The van der Waals surface area contributed by atoms with Crippen LogP contribution in [0.2, 0.25) is 0 Å². The summed E-state index contributed by atoms with van der Waals surface area (Å²) < 4.78 is 5.24. The Balaban J connectivity index is 1.54. The first-order chi connectivity index (χ1) is 13.1. The molecule has 0 atom stereocenters. The summed E-state index contributed by atoms with van der Waals surface area (Å²) in [5, 5.41) is 7.85. The molecule has 0 unspecified atom stereocenters. The number of pyridine rings is 1. The first-order valence-electron chi connectivity index (χ1n) is 9.07. The number of rotatable bonds is 4. The zero-order valence-corrected chi connectivity index (χ0v) is 16.2. The number of anilines is 1. The van der Waals surface area contributed by atoms with Crippen molar-refractivity contribution >= 4 is 33.3 Å². The number of nitrogens with zero attached hydrogens (tertiary/aromatic N) is 2. The Kier molecular flexibility index (Phi) is 5.05. The van der Waals surface area contributed by atoms with Crippen molar-refractivity contribution < 1.29 is 9.53 Å². The van der Waals surface area contributed by atoms with Gasteiger partial charge >= 0.3 is 0 Å². The van der Waals surface area contributed by atoms with Gasteiger partial charge in [0.2, 0.25) is 0 Å². The molecular formula is C20H22N4O2S. The number of carbonyl (C=O) groups excluding carboxylic acids is 1. The third kappa shape index (κ3) is 3.79. The minimum absolute atomic E-state index is 0.177. The van der Waals surface area contributed by atoms with Crippen LogP contribution in [0.5, 0.6) is 5.75 Å². The van der Waals surface area contributed by atoms with E-state index < -0.39 is 0 Å². The maximum Gasteiger partial charge on any atom is 0.259 e. The number of aryl methyl sites for hydroxylation is 1. The smallest absolute Gasteiger partial charge is 0.259 e. The van der Waals surface area contributed by atoms with Crippen LogP contribution in [0.25, 0.3) is 10.9 Å². The van der Waals surface area contributed by atoms with E-state index in [-0.39, 0.29) is 5.91 Å². The van der Waals surface area contributed by atoms with Crippen LogP contribution >= 0.6 is 11.3 Å². The van der Waals surface area contributed by atoms with Crippen LogP contribution in [-0.4, -0.2) is 36.1 Å². The van der Waals surface area contributed by atoms with E-state index in [1.165, 1.54) is 4.88 Å². The molecule has 2 N–H and O–H groups in total. The SMILES string of the molecule is COc1ccc2cc(C(=O)Nc3ncc(C4CCNCC4)s3)c(C)nc2c1. The fourth-order valence-corrected chi connectivity index (χ4v) is 4.38. The van der Waals surface area contributed by atoms with Gasteiger partial charge in [0.25, 0.3) is 5.91 Å². The summed E-state index contributed by atoms with van der Waals surface area (Å²) in [5.74, 6) is 1.11. The fourth-order valence-electron chi connectivity index (χ4n) is 3.40. The molecule has 1 saturated heterocycles. The van der Waals surface area contributed by atoms with Gasteiger partial charge in [0.05, 0.1) is 23.9 Å². The Bertz CT molecular complexity index is 979. The van der Waals surface area contributed by atoms with E-state index in [1.807, 2.05) is 37.4 Å². The minimum Gasteiger partial charge on any atom is -0.497 e. The van der Waals surface area contributed by atoms with Gasteiger partial charge in [-0.05, 0) is 57.0 Å². The molecular weight excluding hydrogens is 360 g/mol. The molecule has 0 aliphatic carbocycles. The molecule has 6 nitrogen and oxygen atoms in total. The number of hydrogen-bond acceptors (Lipinski definition) is 6. The molecule has 0 saturated carbocycles. The van der Waals surface area contributed by atoms with Crippen LogP contribution in [0, 0.1) is 6.92 Å². The number of hydrogen-bond donors (Lipinski definition) is 2. The number of fused-ring (bicyclic) bond motifs is 1. The highest BCUT2D eigenvalue weighted by molar-refractivity contribution is 7.15. The first-order valence-corrected chi connectivity index (χ1v) is 9.89. The molecule has 1 aliphatic heterocycles. The highest BCUT2D eigenvalue weighted by Crippen LogP contribution is 2.32. The molecule has 3 aromatic rings. The van der Waals surface area contributed by atoms with Gasteiger partial charge in [-0.3, -0.25) is 15.1 Å². The van der Waals surface area contributed by atoms with Crippen LogP contribution in [0.3, 0.4) is 0 Å². The van der Waals surface area contributed by atoms with Gasteiger partial charge in [-0.25, -0.2) is 4.98 Å². The Morgan fingerprint density at radius 1 is 1.30 bits per heavy atom. The fraction of sp³-hybridized carbons (Fsp3) is 0.350. The van der Waals surface area contributed by atoms with E-state index in [4.69, 9.17) is 4.74 Å². The van der Waals surface area contributed by atoms with Crippen molar-refractivity contribution in [2.24, 2.45) is 0 Å². The van der Waals surface area contributed by atoms with Crippen molar-refractivity contribution in [1.82, 2.24) is 15.3 Å². The molecule has 0 spiro atoms. The van der Waals surface area contributed by atoms with Crippen LogP contribution in [-0.2, 0) is 0 Å². The van der Waals surface area contributed by atoms with Crippen LogP contribution < -0.4 is 15.4 Å². The van der Waals surface area contributed by atoms with Gasteiger partial charge in [0, 0.05) is 22.5 Å². The van der Waals surface area contributed by atoms with E-state index in [1.54, 1.807) is 18.4 Å². The van der Waals surface area contributed by atoms with Crippen molar-refractivity contribution in [2.75, 3.05) is 25.5 Å². The topological polar surface area (TPSA) is 76.1 Å². The lowest BCUT2D eigenvalue weighted by atomic mass is 9.97. The van der Waals surface area contributed by atoms with E-state index in [0.717, 1.165) is 42.6 Å². The second-order valence-electron chi connectivity index (χ2n) is 6.73. The quantitative estimate of drug-likeness (QED) is 0.719. The molecule has 2 aromatic heterocycles. The van der Waals surface area contributed by atoms with Gasteiger partial charge < -0.3 is 10.1 Å². The average molecular weight is 382 g/mol. The summed E-state index contributed by atoms with van der Waals surface area (Å²) in [6.07, 6.45) is 4.13. The largest absolute Gasteiger partial charge is 0.497 e. The van der Waals surface area contributed by atoms with Gasteiger partial charge in [-0.2, -0.15) is 0 Å². The lowest BCUT2D eigenvalue weighted by Gasteiger charge is -2.20. The number of piperidine rings is 1. The molecule has 0 bridgehead atoms. The van der Waals surface area contributed by atoms with E-state index in [2.05, 4.69) is 20.6 Å². The standard InChI is InChI=1S/C20H22N4O2S/c1-12-16(9-14-3-4-15(26-2)10-17(14)23-12)19(25)24-20-22-11-18(27-20)13-5-7-21-8-6-13/h3-4,9-11,13,21H,5-8H2,1-2H3,(H,22,24,25). The maximum atomic E-state index is 12.8. The first kappa shape index (κ1) is 17.9. The van der Waals surface area contributed by atoms with Crippen LogP contribution in [0.1, 0.15) is 39.7 Å². The molecule has 1 aliphatic rings. The molecule has 1 amide bonds. The zero-order chi connectivity index (χ0) is 18.8. The summed E-state index contributed by atoms with van der Waals surface area (Å²) in [5.41, 5.74) is 2.06. The van der Waals surface area contributed by atoms with E-state index in [9.17, 15) is 4.79 Å². The second-order valence-corrected chi connectivity index (χ2v) is 7.79. The molecule has 4 rings (SSSR count). The van der Waals surface area contributed by atoms with E-state index >= 15 is 0 Å². The highest BCUT2D eigenvalue weighted by Gasteiger charge is 2.19. The molecule has 3 heterocycles. The van der Waals surface area contributed by atoms with Crippen molar-refractivity contribution in [2.45, 2.75) is 25.7 Å².